The Morgan fingerprint density at radius 1 is 1.30 bits per heavy atom. The number of nitrogens with two attached hydrogens (primary N) is 1. The highest BCUT2D eigenvalue weighted by atomic mass is 16.5. The largest absolute Gasteiger partial charge is 0.376 e. The van der Waals surface area contributed by atoms with Gasteiger partial charge in [-0.25, -0.2) is 0 Å². The third-order valence-corrected chi connectivity index (χ3v) is 3.55. The zero-order valence-electron chi connectivity index (χ0n) is 11.3. The number of fused-ring (bicyclic) bond motifs is 1. The molecular weight excluding hydrogens is 258 g/mol. The van der Waals surface area contributed by atoms with Gasteiger partial charge in [-0.1, -0.05) is 0 Å². The highest BCUT2D eigenvalue weighted by Gasteiger charge is 2.18. The van der Waals surface area contributed by atoms with Crippen LogP contribution in [-0.2, 0) is 4.74 Å². The van der Waals surface area contributed by atoms with Crippen molar-refractivity contribution in [1.82, 2.24) is 25.3 Å². The summed E-state index contributed by atoms with van der Waals surface area (Å²) in [4.78, 5) is 0. The molecule has 8 heteroatoms. The number of nitrogens with one attached hydrogen (secondary N) is 1. The van der Waals surface area contributed by atoms with E-state index in [4.69, 9.17) is 10.5 Å². The third kappa shape index (κ3) is 3.20. The van der Waals surface area contributed by atoms with Gasteiger partial charge < -0.3 is 15.8 Å². The predicted octanol–water partition coefficient (Wildman–Crippen LogP) is 0.218. The minimum atomic E-state index is 0.353. The van der Waals surface area contributed by atoms with Crippen LogP contribution in [0.5, 0.6) is 0 Å². The number of rotatable bonds is 5. The van der Waals surface area contributed by atoms with Crippen molar-refractivity contribution < 1.29 is 4.74 Å². The van der Waals surface area contributed by atoms with Gasteiger partial charge in [-0.2, -0.15) is 0 Å². The van der Waals surface area contributed by atoms with Crippen molar-refractivity contribution in [3.05, 3.63) is 12.1 Å². The zero-order valence-corrected chi connectivity index (χ0v) is 11.3. The molecule has 0 radical (unpaired) electrons. The van der Waals surface area contributed by atoms with Crippen LogP contribution in [0.1, 0.15) is 25.7 Å². The van der Waals surface area contributed by atoms with E-state index in [0.717, 1.165) is 31.5 Å². The molecule has 1 fully saturated rings. The van der Waals surface area contributed by atoms with E-state index in [9.17, 15) is 0 Å². The number of aromatic nitrogens is 5. The Morgan fingerprint density at radius 2 is 2.15 bits per heavy atom. The first-order chi connectivity index (χ1) is 9.81. The van der Waals surface area contributed by atoms with Crippen LogP contribution in [0.2, 0.25) is 0 Å². The smallest absolute Gasteiger partial charge is 0.200 e. The lowest BCUT2D eigenvalue weighted by Crippen LogP contribution is -2.31. The Labute approximate surface area is 116 Å². The minimum absolute atomic E-state index is 0.353. The molecular formula is C12H19N7O. The van der Waals surface area contributed by atoms with Crippen LogP contribution in [0.3, 0.4) is 0 Å². The molecule has 1 aliphatic rings. The van der Waals surface area contributed by atoms with E-state index in [1.807, 2.05) is 12.1 Å². The van der Waals surface area contributed by atoms with Gasteiger partial charge in [-0.15, -0.1) is 14.8 Å². The minimum Gasteiger partial charge on any atom is -0.376 e. The van der Waals surface area contributed by atoms with E-state index in [0.29, 0.717) is 30.9 Å². The van der Waals surface area contributed by atoms with Gasteiger partial charge >= 0.3 is 0 Å². The molecule has 0 atom stereocenters. The summed E-state index contributed by atoms with van der Waals surface area (Å²) in [7, 11) is 0. The number of nitrogens with zero attached hydrogens (tertiary/aromatic N) is 5. The van der Waals surface area contributed by atoms with Gasteiger partial charge in [0.15, 0.2) is 5.65 Å². The Bertz CT molecular complexity index is 549. The zero-order chi connectivity index (χ0) is 13.8. The average Bonchev–Trinajstić information content (AvgIpc) is 2.93. The number of hydrogen-bond acceptors (Lipinski definition) is 7. The fourth-order valence-corrected chi connectivity index (χ4v) is 2.40. The van der Waals surface area contributed by atoms with E-state index in [1.165, 1.54) is 4.63 Å². The van der Waals surface area contributed by atoms with Crippen molar-refractivity contribution in [2.75, 3.05) is 18.5 Å². The second-order valence-corrected chi connectivity index (χ2v) is 5.08. The second-order valence-electron chi connectivity index (χ2n) is 5.08. The molecule has 1 saturated carbocycles. The van der Waals surface area contributed by atoms with Gasteiger partial charge in [-0.3, -0.25) is 0 Å². The van der Waals surface area contributed by atoms with E-state index in [2.05, 4.69) is 25.9 Å². The first kappa shape index (κ1) is 13.2. The van der Waals surface area contributed by atoms with E-state index >= 15 is 0 Å². The Kier molecular flexibility index (Phi) is 4.03. The lowest BCUT2D eigenvalue weighted by Gasteiger charge is -2.26. The second kappa shape index (κ2) is 6.10. The molecule has 0 aromatic carbocycles. The van der Waals surface area contributed by atoms with E-state index in [-0.39, 0.29) is 0 Å². The summed E-state index contributed by atoms with van der Waals surface area (Å²) in [6.07, 6.45) is 4.61. The van der Waals surface area contributed by atoms with Gasteiger partial charge in [0, 0.05) is 12.6 Å². The Balaban J connectivity index is 1.41. The number of tetrazole rings is 1. The maximum absolute atomic E-state index is 5.87. The first-order valence-corrected chi connectivity index (χ1v) is 6.98. The first-order valence-electron chi connectivity index (χ1n) is 6.98. The number of hydrogen-bond donors (Lipinski definition) is 2. The highest BCUT2D eigenvalue weighted by Crippen LogP contribution is 2.19. The topological polar surface area (TPSA) is 103 Å². The van der Waals surface area contributed by atoms with Crippen molar-refractivity contribution in [3.8, 4) is 0 Å². The molecule has 0 spiro atoms. The molecule has 0 saturated heterocycles. The van der Waals surface area contributed by atoms with E-state index < -0.39 is 0 Å². The molecule has 8 nitrogen and oxygen atoms in total. The normalized spacial score (nSPS) is 23.1. The van der Waals surface area contributed by atoms with Gasteiger partial charge in [0.2, 0.25) is 0 Å². The highest BCUT2D eigenvalue weighted by molar-refractivity contribution is 5.41. The molecule has 1 aliphatic carbocycles. The summed E-state index contributed by atoms with van der Waals surface area (Å²) in [5, 5.41) is 18.5. The predicted molar refractivity (Wildman–Crippen MR) is 73.3 cm³/mol. The monoisotopic (exact) mass is 277 g/mol. The molecule has 2 aromatic rings. The fourth-order valence-electron chi connectivity index (χ4n) is 2.40. The summed E-state index contributed by atoms with van der Waals surface area (Å²) < 4.78 is 7.23. The van der Waals surface area contributed by atoms with Crippen molar-refractivity contribution in [2.24, 2.45) is 5.73 Å². The molecule has 108 valence electrons. The summed E-state index contributed by atoms with van der Waals surface area (Å²) in [5.74, 6) is 0.735. The molecule has 2 heterocycles. The van der Waals surface area contributed by atoms with Gasteiger partial charge in [0.05, 0.1) is 12.7 Å². The van der Waals surface area contributed by atoms with Crippen molar-refractivity contribution in [3.63, 3.8) is 0 Å². The molecule has 3 N–H and O–H groups in total. The van der Waals surface area contributed by atoms with Crippen molar-refractivity contribution in [1.29, 1.82) is 0 Å². The molecule has 3 rings (SSSR count). The molecule has 0 bridgehead atoms. The van der Waals surface area contributed by atoms with E-state index in [1.54, 1.807) is 0 Å². The number of ether oxygens (including phenoxy) is 1. The van der Waals surface area contributed by atoms with Crippen LogP contribution in [-0.4, -0.2) is 50.6 Å². The van der Waals surface area contributed by atoms with Crippen LogP contribution in [0.25, 0.3) is 5.65 Å². The quantitative estimate of drug-likeness (QED) is 0.753. The van der Waals surface area contributed by atoms with Crippen LogP contribution < -0.4 is 11.1 Å². The molecule has 2 aromatic heterocycles. The van der Waals surface area contributed by atoms with Gasteiger partial charge in [0.25, 0.3) is 0 Å². The summed E-state index contributed by atoms with van der Waals surface area (Å²) in [5.41, 5.74) is 6.50. The lowest BCUT2D eigenvalue weighted by molar-refractivity contribution is 0.0313. The van der Waals surface area contributed by atoms with Crippen molar-refractivity contribution >= 4 is 11.5 Å². The van der Waals surface area contributed by atoms with Crippen molar-refractivity contribution in [2.45, 2.75) is 37.8 Å². The standard InChI is InChI=1S/C12H19N7O/c13-9-1-3-10(4-2-9)20-8-7-14-11-5-6-12-15-17-18-19(12)16-11/h5-6,9-10H,1-4,7-8,13H2,(H,14,16). The SMILES string of the molecule is NC1CCC(OCCNc2ccc3nnnn3n2)CC1. The molecule has 0 unspecified atom stereocenters. The maximum Gasteiger partial charge on any atom is 0.200 e. The fraction of sp³-hybridized carbons (Fsp3) is 0.667. The van der Waals surface area contributed by atoms with Gasteiger partial charge in [-0.05, 0) is 48.2 Å². The summed E-state index contributed by atoms with van der Waals surface area (Å²) >= 11 is 0. The third-order valence-electron chi connectivity index (χ3n) is 3.55. The average molecular weight is 277 g/mol. The Morgan fingerprint density at radius 3 is 3.00 bits per heavy atom. The molecule has 0 aliphatic heterocycles. The Hall–Kier alpha value is -1.80. The van der Waals surface area contributed by atoms with Crippen LogP contribution in [0.15, 0.2) is 12.1 Å². The lowest BCUT2D eigenvalue weighted by atomic mass is 9.94. The number of anilines is 1. The summed E-state index contributed by atoms with van der Waals surface area (Å²) in [6.45, 7) is 1.37. The van der Waals surface area contributed by atoms with Crippen LogP contribution in [0.4, 0.5) is 5.82 Å². The molecule has 0 amide bonds. The van der Waals surface area contributed by atoms with Gasteiger partial charge in [0.1, 0.15) is 5.82 Å². The molecule has 20 heavy (non-hydrogen) atoms. The summed E-state index contributed by atoms with van der Waals surface area (Å²) in [6, 6.07) is 4.03. The van der Waals surface area contributed by atoms with Crippen LogP contribution in [0, 0.1) is 0 Å². The van der Waals surface area contributed by atoms with Crippen LogP contribution >= 0.6 is 0 Å². The maximum atomic E-state index is 5.87.